The number of halogens is 1. The summed E-state index contributed by atoms with van der Waals surface area (Å²) in [6.07, 6.45) is 3.54. The van der Waals surface area contributed by atoms with Gasteiger partial charge < -0.3 is 4.74 Å². The molecule has 23 heavy (non-hydrogen) atoms. The summed E-state index contributed by atoms with van der Waals surface area (Å²) in [6, 6.07) is 8.09. The molecule has 4 nitrogen and oxygen atoms in total. The van der Waals surface area contributed by atoms with Crippen molar-refractivity contribution in [2.75, 3.05) is 7.11 Å². The van der Waals surface area contributed by atoms with Gasteiger partial charge in [-0.2, -0.15) is 5.10 Å². The number of unbranched alkanes of at least 4 members (excludes halogenated alkanes) is 1. The van der Waals surface area contributed by atoms with Gasteiger partial charge in [0.2, 0.25) is 0 Å². The summed E-state index contributed by atoms with van der Waals surface area (Å²) in [5, 5.41) is 4.71. The molecular weight excluding hydrogens is 356 g/mol. The quantitative estimate of drug-likeness (QED) is 0.671. The van der Waals surface area contributed by atoms with E-state index in [4.69, 9.17) is 9.84 Å². The lowest BCUT2D eigenvalue weighted by Gasteiger charge is -2.06. The van der Waals surface area contributed by atoms with Crippen LogP contribution < -0.4 is 0 Å². The summed E-state index contributed by atoms with van der Waals surface area (Å²) >= 11 is 3.44. The molecule has 0 fully saturated rings. The lowest BCUT2D eigenvalue weighted by molar-refractivity contribution is 0.0598. The van der Waals surface area contributed by atoms with E-state index in [1.165, 1.54) is 7.11 Å². The second-order valence-electron chi connectivity index (χ2n) is 5.49. The first kappa shape index (κ1) is 17.7. The van der Waals surface area contributed by atoms with Crippen LogP contribution >= 0.6 is 15.9 Å². The average molecular weight is 379 g/mol. The fourth-order valence-electron chi connectivity index (χ4n) is 2.66. The fraction of sp³-hybridized carbons (Fsp3) is 0.444. The monoisotopic (exact) mass is 378 g/mol. The lowest BCUT2D eigenvalue weighted by Crippen LogP contribution is -2.09. The maximum absolute atomic E-state index is 12.3. The molecule has 0 spiro atoms. The number of carbonyl (C=O) groups is 1. The molecule has 1 aromatic heterocycles. The topological polar surface area (TPSA) is 44.1 Å². The van der Waals surface area contributed by atoms with Crippen molar-refractivity contribution in [3.8, 4) is 0 Å². The van der Waals surface area contributed by atoms with Crippen molar-refractivity contribution < 1.29 is 9.53 Å². The highest BCUT2D eigenvalue weighted by Crippen LogP contribution is 2.21. The predicted molar refractivity (Wildman–Crippen MR) is 94.8 cm³/mol. The number of hydrogen-bond donors (Lipinski definition) is 0. The van der Waals surface area contributed by atoms with E-state index >= 15 is 0 Å². The van der Waals surface area contributed by atoms with Crippen LogP contribution in [0.5, 0.6) is 0 Å². The highest BCUT2D eigenvalue weighted by atomic mass is 79.9. The molecular formula is C18H23BrN2O2. The third kappa shape index (κ3) is 4.22. The molecule has 0 N–H and O–H groups in total. The van der Waals surface area contributed by atoms with E-state index in [0.717, 1.165) is 47.2 Å². The van der Waals surface area contributed by atoms with Crippen LogP contribution in [0.25, 0.3) is 0 Å². The number of ether oxygens (including phenoxy) is 1. The number of rotatable bonds is 7. The SMILES string of the molecule is CCCCn1nc(Cc2ccc(Br)cc2)c(C(=O)OC)c1CC. The van der Waals surface area contributed by atoms with Gasteiger partial charge in [-0.3, -0.25) is 4.68 Å². The standard InChI is InChI=1S/C18H23BrN2O2/c1-4-6-11-21-16(5-2)17(18(22)23-3)15(20-21)12-13-7-9-14(19)10-8-13/h7-10H,4-6,11-12H2,1-3H3. The Hall–Kier alpha value is -1.62. The summed E-state index contributed by atoms with van der Waals surface area (Å²) in [5.41, 5.74) is 3.53. The Labute approximate surface area is 146 Å². The largest absolute Gasteiger partial charge is 0.465 e. The van der Waals surface area contributed by atoms with Crippen LogP contribution in [0.2, 0.25) is 0 Å². The van der Waals surface area contributed by atoms with Gasteiger partial charge in [0.05, 0.1) is 18.5 Å². The second-order valence-corrected chi connectivity index (χ2v) is 6.41. The molecule has 5 heteroatoms. The molecule has 0 bridgehead atoms. The summed E-state index contributed by atoms with van der Waals surface area (Å²) in [4.78, 5) is 12.3. The number of hydrogen-bond acceptors (Lipinski definition) is 3. The van der Waals surface area contributed by atoms with Crippen LogP contribution in [-0.2, 0) is 24.1 Å². The van der Waals surface area contributed by atoms with E-state index in [0.29, 0.717) is 12.0 Å². The maximum atomic E-state index is 12.3. The minimum absolute atomic E-state index is 0.295. The van der Waals surface area contributed by atoms with Crippen molar-refractivity contribution in [2.24, 2.45) is 0 Å². The van der Waals surface area contributed by atoms with Gasteiger partial charge in [0.15, 0.2) is 0 Å². The van der Waals surface area contributed by atoms with Crippen molar-refractivity contribution in [2.45, 2.75) is 46.1 Å². The Balaban J connectivity index is 2.41. The Morgan fingerprint density at radius 1 is 1.26 bits per heavy atom. The number of carbonyl (C=O) groups excluding carboxylic acids is 1. The molecule has 1 aromatic carbocycles. The summed E-state index contributed by atoms with van der Waals surface area (Å²) < 4.78 is 8.01. The van der Waals surface area contributed by atoms with Crippen LogP contribution in [0.4, 0.5) is 0 Å². The predicted octanol–water partition coefficient (Wildman–Crippen LogP) is 4.39. The highest BCUT2D eigenvalue weighted by molar-refractivity contribution is 9.10. The fourth-order valence-corrected chi connectivity index (χ4v) is 2.93. The second kappa shape index (κ2) is 8.29. The molecule has 0 aliphatic rings. The summed E-state index contributed by atoms with van der Waals surface area (Å²) in [6.45, 7) is 5.04. The Morgan fingerprint density at radius 3 is 2.52 bits per heavy atom. The lowest BCUT2D eigenvalue weighted by atomic mass is 10.0. The molecule has 0 aliphatic carbocycles. The maximum Gasteiger partial charge on any atom is 0.341 e. The number of esters is 1. The Morgan fingerprint density at radius 2 is 1.96 bits per heavy atom. The molecule has 0 saturated carbocycles. The van der Waals surface area contributed by atoms with E-state index in [1.54, 1.807) is 0 Å². The molecule has 2 aromatic rings. The summed E-state index contributed by atoms with van der Waals surface area (Å²) in [7, 11) is 1.43. The van der Waals surface area contributed by atoms with Crippen molar-refractivity contribution >= 4 is 21.9 Å². The zero-order valence-corrected chi connectivity index (χ0v) is 15.5. The van der Waals surface area contributed by atoms with Crippen LogP contribution in [0.1, 0.15) is 54.0 Å². The third-order valence-electron chi connectivity index (χ3n) is 3.86. The van der Waals surface area contributed by atoms with Crippen molar-refractivity contribution in [1.82, 2.24) is 9.78 Å². The van der Waals surface area contributed by atoms with E-state index < -0.39 is 0 Å². The molecule has 0 atom stereocenters. The van der Waals surface area contributed by atoms with Crippen LogP contribution in [0.3, 0.4) is 0 Å². The minimum Gasteiger partial charge on any atom is -0.465 e. The van der Waals surface area contributed by atoms with E-state index in [9.17, 15) is 4.79 Å². The normalized spacial score (nSPS) is 10.8. The van der Waals surface area contributed by atoms with Gasteiger partial charge in [-0.15, -0.1) is 0 Å². The summed E-state index contributed by atoms with van der Waals surface area (Å²) in [5.74, 6) is -0.295. The first-order valence-corrected chi connectivity index (χ1v) is 8.81. The van der Waals surface area contributed by atoms with Crippen LogP contribution in [0.15, 0.2) is 28.7 Å². The van der Waals surface area contributed by atoms with Gasteiger partial charge in [0, 0.05) is 17.4 Å². The van der Waals surface area contributed by atoms with Gasteiger partial charge in [-0.05, 0) is 30.5 Å². The molecule has 0 aliphatic heterocycles. The molecule has 0 radical (unpaired) electrons. The molecule has 2 rings (SSSR count). The van der Waals surface area contributed by atoms with Crippen molar-refractivity contribution in [3.63, 3.8) is 0 Å². The molecule has 1 heterocycles. The molecule has 0 amide bonds. The first-order valence-electron chi connectivity index (χ1n) is 8.02. The number of aromatic nitrogens is 2. The Kier molecular flexibility index (Phi) is 6.39. The third-order valence-corrected chi connectivity index (χ3v) is 4.39. The van der Waals surface area contributed by atoms with Crippen LogP contribution in [0, 0.1) is 0 Å². The van der Waals surface area contributed by atoms with Gasteiger partial charge in [0.1, 0.15) is 5.56 Å². The van der Waals surface area contributed by atoms with Gasteiger partial charge in [-0.1, -0.05) is 48.3 Å². The van der Waals surface area contributed by atoms with Crippen LogP contribution in [-0.4, -0.2) is 22.9 Å². The van der Waals surface area contributed by atoms with Gasteiger partial charge >= 0.3 is 5.97 Å². The van der Waals surface area contributed by atoms with Crippen molar-refractivity contribution in [1.29, 1.82) is 0 Å². The van der Waals surface area contributed by atoms with E-state index in [1.807, 2.05) is 28.9 Å². The Bertz CT molecular complexity index is 662. The van der Waals surface area contributed by atoms with E-state index in [2.05, 4.69) is 29.8 Å². The molecule has 0 unspecified atom stereocenters. The van der Waals surface area contributed by atoms with Crippen molar-refractivity contribution in [3.05, 3.63) is 51.3 Å². The number of methoxy groups -OCH3 is 1. The number of aryl methyl sites for hydroxylation is 1. The minimum atomic E-state index is -0.295. The highest BCUT2D eigenvalue weighted by Gasteiger charge is 2.23. The molecule has 0 saturated heterocycles. The van der Waals surface area contributed by atoms with Gasteiger partial charge in [-0.25, -0.2) is 4.79 Å². The number of benzene rings is 1. The number of nitrogens with zero attached hydrogens (tertiary/aromatic N) is 2. The van der Waals surface area contributed by atoms with Gasteiger partial charge in [0.25, 0.3) is 0 Å². The zero-order chi connectivity index (χ0) is 16.8. The van der Waals surface area contributed by atoms with E-state index in [-0.39, 0.29) is 5.97 Å². The zero-order valence-electron chi connectivity index (χ0n) is 13.9. The average Bonchev–Trinajstić information content (AvgIpc) is 2.91. The molecule has 124 valence electrons. The first-order chi connectivity index (χ1) is 11.1. The smallest absolute Gasteiger partial charge is 0.341 e.